The fourth-order valence-corrected chi connectivity index (χ4v) is 4.46. The second-order valence-electron chi connectivity index (χ2n) is 7.65. The smallest absolute Gasteiger partial charge is 0.243 e. The summed E-state index contributed by atoms with van der Waals surface area (Å²) in [5.41, 5.74) is 1.54. The van der Waals surface area contributed by atoms with Gasteiger partial charge in [0.25, 0.3) is 0 Å². The molecule has 4 aromatic rings. The molecule has 0 fully saturated rings. The first-order valence-electron chi connectivity index (χ1n) is 10.8. The Morgan fingerprint density at radius 2 is 1.69 bits per heavy atom. The molecule has 12 nitrogen and oxygen atoms in total. The van der Waals surface area contributed by atoms with E-state index in [4.69, 9.17) is 14.2 Å². The zero-order valence-corrected chi connectivity index (χ0v) is 20.9. The van der Waals surface area contributed by atoms with Crippen LogP contribution in [0.3, 0.4) is 0 Å². The van der Waals surface area contributed by atoms with Gasteiger partial charge < -0.3 is 14.2 Å². The van der Waals surface area contributed by atoms with Crippen molar-refractivity contribution in [2.75, 3.05) is 26.1 Å². The molecule has 0 saturated carbocycles. The van der Waals surface area contributed by atoms with Gasteiger partial charge in [0.15, 0.2) is 5.82 Å². The van der Waals surface area contributed by atoms with E-state index in [0.717, 1.165) is 0 Å². The maximum absolute atomic E-state index is 13.3. The number of ether oxygens (including phenoxy) is 3. The largest absolute Gasteiger partial charge is 0.494 e. The number of rotatable bonds is 10. The number of aromatic nitrogens is 6. The van der Waals surface area contributed by atoms with Crippen LogP contribution in [0.4, 0.5) is 5.95 Å². The van der Waals surface area contributed by atoms with Gasteiger partial charge in [0.05, 0.1) is 44.7 Å². The molecule has 0 aliphatic carbocycles. The number of nitrogens with one attached hydrogen (secondary N) is 1. The third-order valence-electron chi connectivity index (χ3n) is 5.36. The van der Waals surface area contributed by atoms with Crippen LogP contribution in [0.25, 0.3) is 17.1 Å². The Hall–Kier alpha value is -4.26. The Bertz CT molecular complexity index is 1410. The topological polar surface area (TPSA) is 143 Å². The molecular formula is C23H25N7O5S. The van der Waals surface area contributed by atoms with Gasteiger partial charge in [-0.15, -0.1) is 10.2 Å². The molecule has 1 N–H and O–H groups in total. The summed E-state index contributed by atoms with van der Waals surface area (Å²) in [6.07, 6.45) is 6.27. The summed E-state index contributed by atoms with van der Waals surface area (Å²) in [5, 5.41) is 7.55. The third kappa shape index (κ3) is 5.05. The van der Waals surface area contributed by atoms with Gasteiger partial charge in [0.2, 0.25) is 21.9 Å². The predicted octanol–water partition coefficient (Wildman–Crippen LogP) is 2.52. The summed E-state index contributed by atoms with van der Waals surface area (Å²) < 4.78 is 46.9. The van der Waals surface area contributed by atoms with E-state index in [9.17, 15) is 8.42 Å². The summed E-state index contributed by atoms with van der Waals surface area (Å²) in [6, 6.07) is 8.76. The van der Waals surface area contributed by atoms with Gasteiger partial charge in [-0.3, -0.25) is 19.3 Å². The second kappa shape index (κ2) is 10.6. The monoisotopic (exact) mass is 511 g/mol. The lowest BCUT2D eigenvalue weighted by molar-refractivity contribution is 0.391. The van der Waals surface area contributed by atoms with Gasteiger partial charge in [0.1, 0.15) is 17.2 Å². The highest BCUT2D eigenvalue weighted by molar-refractivity contribution is 7.93. The van der Waals surface area contributed by atoms with Crippen LogP contribution in [0.2, 0.25) is 0 Å². The van der Waals surface area contributed by atoms with Crippen LogP contribution < -0.4 is 18.9 Å². The Morgan fingerprint density at radius 1 is 0.944 bits per heavy atom. The molecule has 13 heteroatoms. The Morgan fingerprint density at radius 3 is 2.28 bits per heavy atom. The van der Waals surface area contributed by atoms with Gasteiger partial charge in [0, 0.05) is 24.4 Å². The number of pyridine rings is 1. The van der Waals surface area contributed by atoms with E-state index >= 15 is 0 Å². The molecule has 1 aromatic carbocycles. The van der Waals surface area contributed by atoms with Crippen molar-refractivity contribution < 1.29 is 22.6 Å². The summed E-state index contributed by atoms with van der Waals surface area (Å²) in [5.74, 6) is 1.51. The van der Waals surface area contributed by atoms with Crippen molar-refractivity contribution in [2.24, 2.45) is 0 Å². The Kier molecular flexibility index (Phi) is 7.29. The highest BCUT2D eigenvalue weighted by atomic mass is 32.2. The number of hydrogen-bond acceptors (Lipinski definition) is 10. The molecule has 0 unspecified atom stereocenters. The molecule has 1 atom stereocenters. The van der Waals surface area contributed by atoms with E-state index in [1.807, 2.05) is 0 Å². The SMILES string of the molecule is COc1cnc(C[C@@H](C)S(=O)(=O)Nc2nnc(-c3cccnc3)n2-c2c(OC)cccc2OC)cn1. The minimum Gasteiger partial charge on any atom is -0.494 e. The van der Waals surface area contributed by atoms with Crippen LogP contribution in [-0.4, -0.2) is 64.7 Å². The summed E-state index contributed by atoms with van der Waals surface area (Å²) in [7, 11) is 0.560. The summed E-state index contributed by atoms with van der Waals surface area (Å²) >= 11 is 0. The zero-order valence-electron chi connectivity index (χ0n) is 20.1. The molecule has 3 aromatic heterocycles. The quantitative estimate of drug-likeness (QED) is 0.337. The van der Waals surface area contributed by atoms with Crippen LogP contribution in [0, 0.1) is 0 Å². The number of nitrogens with zero attached hydrogens (tertiary/aromatic N) is 6. The van der Waals surface area contributed by atoms with Gasteiger partial charge in [-0.1, -0.05) is 6.07 Å². The number of para-hydroxylation sites is 1. The number of hydrogen-bond donors (Lipinski definition) is 1. The maximum atomic E-state index is 13.3. The molecule has 188 valence electrons. The average Bonchev–Trinajstić information content (AvgIpc) is 3.31. The van der Waals surface area contributed by atoms with Gasteiger partial charge in [-0.05, 0) is 31.2 Å². The van der Waals surface area contributed by atoms with Crippen LogP contribution in [0.1, 0.15) is 12.6 Å². The van der Waals surface area contributed by atoms with Gasteiger partial charge in [-0.25, -0.2) is 13.4 Å². The normalized spacial score (nSPS) is 12.1. The highest BCUT2D eigenvalue weighted by Crippen LogP contribution is 2.37. The first kappa shape index (κ1) is 24.9. The molecule has 0 aliphatic heterocycles. The Balaban J connectivity index is 1.76. The number of anilines is 1. The standard InChI is InChI=1S/C23H25N7O5S/c1-15(11-17-13-26-20(35-4)14-25-17)36(31,32)29-23-28-27-22(16-7-6-10-24-12-16)30(23)21-18(33-2)8-5-9-19(21)34-3/h5-10,12-15H,11H2,1-4H3,(H,28,29)/t15-/m1/s1. The van der Waals surface area contributed by atoms with E-state index in [0.29, 0.717) is 40.1 Å². The maximum Gasteiger partial charge on any atom is 0.243 e. The fraction of sp³-hybridized carbons (Fsp3) is 0.261. The van der Waals surface area contributed by atoms with Crippen LogP contribution in [0.5, 0.6) is 17.4 Å². The van der Waals surface area contributed by atoms with Crippen molar-refractivity contribution in [1.82, 2.24) is 29.7 Å². The average molecular weight is 512 g/mol. The summed E-state index contributed by atoms with van der Waals surface area (Å²) in [4.78, 5) is 12.4. The third-order valence-corrected chi connectivity index (χ3v) is 7.05. The van der Waals surface area contributed by atoms with Gasteiger partial charge in [-0.2, -0.15) is 0 Å². The Labute approximate surface area is 208 Å². The molecule has 0 aliphatic rings. The van der Waals surface area contributed by atoms with E-state index < -0.39 is 15.3 Å². The van der Waals surface area contributed by atoms with Crippen molar-refractivity contribution in [3.05, 3.63) is 60.8 Å². The van der Waals surface area contributed by atoms with E-state index in [2.05, 4.69) is 29.9 Å². The second-order valence-corrected chi connectivity index (χ2v) is 9.75. The molecular weight excluding hydrogens is 486 g/mol. The zero-order chi connectivity index (χ0) is 25.7. The lowest BCUT2D eigenvalue weighted by Crippen LogP contribution is -2.29. The summed E-state index contributed by atoms with van der Waals surface area (Å²) in [6.45, 7) is 1.57. The molecule has 0 spiro atoms. The predicted molar refractivity (Wildman–Crippen MR) is 132 cm³/mol. The van der Waals surface area contributed by atoms with Crippen LogP contribution >= 0.6 is 0 Å². The van der Waals surface area contributed by atoms with Crippen molar-refractivity contribution in [2.45, 2.75) is 18.6 Å². The first-order valence-corrected chi connectivity index (χ1v) is 12.4. The molecule has 36 heavy (non-hydrogen) atoms. The molecule has 3 heterocycles. The molecule has 0 radical (unpaired) electrons. The number of benzene rings is 1. The molecule has 0 amide bonds. The lowest BCUT2D eigenvalue weighted by atomic mass is 10.2. The van der Waals surface area contributed by atoms with E-state index in [-0.39, 0.29) is 12.4 Å². The molecule has 0 saturated heterocycles. The lowest BCUT2D eigenvalue weighted by Gasteiger charge is -2.19. The van der Waals surface area contributed by atoms with E-state index in [1.54, 1.807) is 49.6 Å². The minimum atomic E-state index is -3.94. The van der Waals surface area contributed by atoms with Crippen LogP contribution in [-0.2, 0) is 16.4 Å². The highest BCUT2D eigenvalue weighted by Gasteiger charge is 2.28. The number of methoxy groups -OCH3 is 3. The van der Waals surface area contributed by atoms with E-state index in [1.165, 1.54) is 38.3 Å². The van der Waals surface area contributed by atoms with Crippen molar-refractivity contribution in [1.29, 1.82) is 0 Å². The van der Waals surface area contributed by atoms with Crippen molar-refractivity contribution >= 4 is 16.0 Å². The minimum absolute atomic E-state index is 0.0377. The first-order chi connectivity index (χ1) is 17.4. The molecule has 0 bridgehead atoms. The van der Waals surface area contributed by atoms with Crippen LogP contribution in [0.15, 0.2) is 55.1 Å². The fourth-order valence-electron chi connectivity index (χ4n) is 3.48. The van der Waals surface area contributed by atoms with Crippen molar-refractivity contribution in [3.8, 4) is 34.5 Å². The van der Waals surface area contributed by atoms with Crippen molar-refractivity contribution in [3.63, 3.8) is 0 Å². The number of sulfonamides is 1. The molecule has 4 rings (SSSR count). The van der Waals surface area contributed by atoms with Gasteiger partial charge >= 0.3 is 0 Å².